The number of hydrogen-bond donors (Lipinski definition) is 1. The Hall–Kier alpha value is -3.95. The van der Waals surface area contributed by atoms with Gasteiger partial charge in [-0.25, -0.2) is 9.78 Å². The molecule has 0 aliphatic rings. The van der Waals surface area contributed by atoms with E-state index >= 15 is 0 Å². The highest BCUT2D eigenvalue weighted by Crippen LogP contribution is 2.29. The molecule has 2 aromatic carbocycles. The standard InChI is InChI=1S/C23H14ClN3O3/c24-17-5-3-4-14(11-12-25)19(17)21(28)22-26-20(18-6-1-2-13-27(18)22)15-7-9-16(10-8-15)23(29)30/h1-10,13H,11H2,(H,29,30). The normalized spacial score (nSPS) is 10.7. The van der Waals surface area contributed by atoms with Gasteiger partial charge in [0.15, 0.2) is 5.82 Å². The summed E-state index contributed by atoms with van der Waals surface area (Å²) in [7, 11) is 0. The average molecular weight is 416 g/mol. The van der Waals surface area contributed by atoms with Crippen molar-refractivity contribution in [1.82, 2.24) is 9.38 Å². The number of rotatable bonds is 5. The highest BCUT2D eigenvalue weighted by molar-refractivity contribution is 6.35. The Kier molecular flexibility index (Phi) is 5.05. The van der Waals surface area contributed by atoms with Crippen LogP contribution in [0.15, 0.2) is 66.9 Å². The van der Waals surface area contributed by atoms with Crippen LogP contribution in [-0.2, 0) is 6.42 Å². The first-order valence-electron chi connectivity index (χ1n) is 9.01. The molecule has 0 aliphatic carbocycles. The number of ketones is 1. The minimum Gasteiger partial charge on any atom is -0.478 e. The fourth-order valence-electron chi connectivity index (χ4n) is 3.35. The maximum atomic E-state index is 13.4. The number of aromatic carboxylic acids is 1. The van der Waals surface area contributed by atoms with E-state index < -0.39 is 5.97 Å². The largest absolute Gasteiger partial charge is 0.478 e. The minimum atomic E-state index is -1.02. The summed E-state index contributed by atoms with van der Waals surface area (Å²) < 4.78 is 1.67. The number of pyridine rings is 1. The van der Waals surface area contributed by atoms with Gasteiger partial charge >= 0.3 is 5.97 Å². The maximum Gasteiger partial charge on any atom is 0.335 e. The second-order valence-corrected chi connectivity index (χ2v) is 6.97. The molecule has 4 aromatic rings. The van der Waals surface area contributed by atoms with Gasteiger partial charge in [-0.3, -0.25) is 9.20 Å². The second-order valence-electron chi connectivity index (χ2n) is 6.56. The van der Waals surface area contributed by atoms with Crippen molar-refractivity contribution in [1.29, 1.82) is 5.26 Å². The number of halogens is 1. The number of carbonyl (C=O) groups is 2. The van der Waals surface area contributed by atoms with Crippen molar-refractivity contribution in [3.05, 3.63) is 94.4 Å². The topological polar surface area (TPSA) is 95.5 Å². The van der Waals surface area contributed by atoms with Crippen molar-refractivity contribution in [3.8, 4) is 17.3 Å². The van der Waals surface area contributed by atoms with Crippen LogP contribution in [0.1, 0.15) is 32.1 Å². The van der Waals surface area contributed by atoms with Crippen LogP contribution in [0.3, 0.4) is 0 Å². The van der Waals surface area contributed by atoms with E-state index in [2.05, 4.69) is 11.1 Å². The molecule has 2 aromatic heterocycles. The van der Waals surface area contributed by atoms with E-state index in [0.29, 0.717) is 22.3 Å². The Morgan fingerprint density at radius 3 is 2.53 bits per heavy atom. The van der Waals surface area contributed by atoms with E-state index in [9.17, 15) is 9.59 Å². The van der Waals surface area contributed by atoms with Crippen LogP contribution >= 0.6 is 11.6 Å². The summed E-state index contributed by atoms with van der Waals surface area (Å²) in [5, 5.41) is 18.5. The SMILES string of the molecule is N#CCc1cccc(Cl)c1C(=O)c1nc(-c2ccc(C(=O)O)cc2)c2ccccn12. The van der Waals surface area contributed by atoms with Crippen molar-refractivity contribution in [2.45, 2.75) is 6.42 Å². The zero-order chi connectivity index (χ0) is 21.3. The van der Waals surface area contributed by atoms with Crippen LogP contribution in [0.4, 0.5) is 0 Å². The molecule has 30 heavy (non-hydrogen) atoms. The van der Waals surface area contributed by atoms with Crippen LogP contribution in [-0.4, -0.2) is 26.2 Å². The molecule has 0 atom stereocenters. The molecule has 0 saturated carbocycles. The van der Waals surface area contributed by atoms with E-state index in [1.165, 1.54) is 12.1 Å². The van der Waals surface area contributed by atoms with E-state index in [1.807, 2.05) is 12.1 Å². The number of carboxylic acid groups (broad SMARTS) is 1. The summed E-state index contributed by atoms with van der Waals surface area (Å²) in [6.45, 7) is 0. The molecule has 146 valence electrons. The van der Waals surface area contributed by atoms with Gasteiger partial charge in [0.2, 0.25) is 5.78 Å². The highest BCUT2D eigenvalue weighted by atomic mass is 35.5. The molecule has 0 spiro atoms. The summed E-state index contributed by atoms with van der Waals surface area (Å²) in [5.74, 6) is -1.24. The molecule has 2 heterocycles. The van der Waals surface area contributed by atoms with Gasteiger partial charge in [-0.15, -0.1) is 0 Å². The number of aromatic nitrogens is 2. The summed E-state index contributed by atoms with van der Waals surface area (Å²) >= 11 is 6.31. The lowest BCUT2D eigenvalue weighted by Gasteiger charge is -2.07. The zero-order valence-electron chi connectivity index (χ0n) is 15.5. The Morgan fingerprint density at radius 2 is 1.83 bits per heavy atom. The molecule has 0 aliphatic heterocycles. The van der Waals surface area contributed by atoms with Crippen molar-refractivity contribution in [3.63, 3.8) is 0 Å². The Labute approximate surface area is 176 Å². The molecule has 0 radical (unpaired) electrons. The minimum absolute atomic E-state index is 0.0500. The molecule has 0 fully saturated rings. The van der Waals surface area contributed by atoms with Crippen molar-refractivity contribution < 1.29 is 14.7 Å². The van der Waals surface area contributed by atoms with Gasteiger partial charge in [0.25, 0.3) is 0 Å². The van der Waals surface area contributed by atoms with Gasteiger partial charge in [0.1, 0.15) is 0 Å². The number of imidazole rings is 1. The lowest BCUT2D eigenvalue weighted by molar-refractivity contribution is 0.0696. The molecule has 7 heteroatoms. The number of fused-ring (bicyclic) bond motifs is 1. The molecule has 1 N–H and O–H groups in total. The van der Waals surface area contributed by atoms with Gasteiger partial charge in [-0.05, 0) is 35.9 Å². The van der Waals surface area contributed by atoms with E-state index in [1.54, 1.807) is 47.0 Å². The lowest BCUT2D eigenvalue weighted by Crippen LogP contribution is -2.10. The van der Waals surface area contributed by atoms with Crippen LogP contribution < -0.4 is 0 Å². The quantitative estimate of drug-likeness (QED) is 0.478. The predicted octanol–water partition coefficient (Wildman–Crippen LogP) is 4.65. The van der Waals surface area contributed by atoms with Crippen molar-refractivity contribution >= 4 is 28.9 Å². The molecule has 0 bridgehead atoms. The molecule has 6 nitrogen and oxygen atoms in total. The number of benzene rings is 2. The zero-order valence-corrected chi connectivity index (χ0v) is 16.3. The Morgan fingerprint density at radius 1 is 1.07 bits per heavy atom. The average Bonchev–Trinajstić information content (AvgIpc) is 3.13. The number of nitrogens with zero attached hydrogens (tertiary/aromatic N) is 3. The van der Waals surface area contributed by atoms with E-state index in [0.717, 1.165) is 0 Å². The fourth-order valence-corrected chi connectivity index (χ4v) is 3.63. The monoisotopic (exact) mass is 415 g/mol. The van der Waals surface area contributed by atoms with Crippen LogP contribution in [0, 0.1) is 11.3 Å². The first-order valence-corrected chi connectivity index (χ1v) is 9.39. The van der Waals surface area contributed by atoms with Crippen LogP contribution in [0.25, 0.3) is 16.8 Å². The summed E-state index contributed by atoms with van der Waals surface area (Å²) in [6.07, 6.45) is 1.78. The molecule has 0 saturated heterocycles. The number of carbonyl (C=O) groups excluding carboxylic acids is 1. The summed E-state index contributed by atoms with van der Waals surface area (Å²) in [5.41, 5.74) is 2.87. The lowest BCUT2D eigenvalue weighted by atomic mass is 10.0. The van der Waals surface area contributed by atoms with Crippen molar-refractivity contribution in [2.75, 3.05) is 0 Å². The third kappa shape index (κ3) is 3.32. The van der Waals surface area contributed by atoms with Gasteiger partial charge in [0, 0.05) is 17.3 Å². The highest BCUT2D eigenvalue weighted by Gasteiger charge is 2.24. The Balaban J connectivity index is 1.89. The Bertz CT molecular complexity index is 1330. The summed E-state index contributed by atoms with van der Waals surface area (Å²) in [6, 6.07) is 18.8. The first kappa shape index (κ1) is 19.4. The summed E-state index contributed by atoms with van der Waals surface area (Å²) in [4.78, 5) is 29.1. The van der Waals surface area contributed by atoms with E-state index in [4.69, 9.17) is 22.0 Å². The third-order valence-electron chi connectivity index (χ3n) is 4.75. The number of hydrogen-bond acceptors (Lipinski definition) is 4. The smallest absolute Gasteiger partial charge is 0.335 e. The third-order valence-corrected chi connectivity index (χ3v) is 5.07. The van der Waals surface area contributed by atoms with Gasteiger partial charge in [0.05, 0.1) is 34.3 Å². The fraction of sp³-hybridized carbons (Fsp3) is 0.0435. The second kappa shape index (κ2) is 7.82. The molecule has 0 unspecified atom stereocenters. The van der Waals surface area contributed by atoms with E-state index in [-0.39, 0.29) is 34.2 Å². The molecule has 4 rings (SSSR count). The number of nitriles is 1. The van der Waals surface area contributed by atoms with Gasteiger partial charge in [-0.2, -0.15) is 5.26 Å². The predicted molar refractivity (Wildman–Crippen MR) is 112 cm³/mol. The maximum absolute atomic E-state index is 13.4. The van der Waals surface area contributed by atoms with Gasteiger partial charge in [-0.1, -0.05) is 41.9 Å². The van der Waals surface area contributed by atoms with Crippen LogP contribution in [0.5, 0.6) is 0 Å². The van der Waals surface area contributed by atoms with Crippen molar-refractivity contribution in [2.24, 2.45) is 0 Å². The van der Waals surface area contributed by atoms with Crippen LogP contribution in [0.2, 0.25) is 5.02 Å². The molecule has 0 amide bonds. The van der Waals surface area contributed by atoms with Gasteiger partial charge < -0.3 is 5.11 Å². The first-order chi connectivity index (χ1) is 14.5. The number of carboxylic acids is 1. The molecular weight excluding hydrogens is 402 g/mol. The molecular formula is C23H14ClN3O3.